The van der Waals surface area contributed by atoms with E-state index in [9.17, 15) is 15.2 Å². The van der Waals surface area contributed by atoms with E-state index in [1.807, 2.05) is 24.3 Å². The minimum Gasteiger partial charge on any atom is -0.478 e. The van der Waals surface area contributed by atoms with Crippen LogP contribution in [0.5, 0.6) is 0 Å². The van der Waals surface area contributed by atoms with E-state index in [4.69, 9.17) is 6.57 Å². The van der Waals surface area contributed by atoms with Crippen LogP contribution < -0.4 is 4.90 Å². The van der Waals surface area contributed by atoms with E-state index in [1.54, 1.807) is 12.1 Å². The van der Waals surface area contributed by atoms with Crippen molar-refractivity contribution in [2.45, 2.75) is 50.6 Å². The number of nitriles is 1. The molecule has 2 fully saturated rings. The Morgan fingerprint density at radius 3 is 2.38 bits per heavy atom. The molecule has 2 aliphatic heterocycles. The lowest BCUT2D eigenvalue weighted by molar-refractivity contribution is 0.0689. The molecule has 6 rings (SSSR count). The van der Waals surface area contributed by atoms with Crippen molar-refractivity contribution in [1.29, 1.82) is 5.26 Å². The van der Waals surface area contributed by atoms with Gasteiger partial charge in [-0.25, -0.2) is 24.5 Å². The third-order valence-corrected chi connectivity index (χ3v) is 9.22. The average Bonchev–Trinajstić information content (AvgIpc) is 2.90. The van der Waals surface area contributed by atoms with Gasteiger partial charge in [0.15, 0.2) is 17.7 Å². The van der Waals surface area contributed by atoms with Crippen molar-refractivity contribution >= 4 is 17.2 Å². The number of anilines is 1. The lowest BCUT2D eigenvalue weighted by atomic mass is 9.63. The molecule has 9 heteroatoms. The van der Waals surface area contributed by atoms with Gasteiger partial charge in [0.2, 0.25) is 0 Å². The summed E-state index contributed by atoms with van der Waals surface area (Å²) < 4.78 is 47.8. The Balaban J connectivity index is 1.73. The van der Waals surface area contributed by atoms with Crippen molar-refractivity contribution in [1.82, 2.24) is 4.90 Å². The summed E-state index contributed by atoms with van der Waals surface area (Å²) in [6.07, 6.45) is 7.99. The smallest absolute Gasteiger partial charge is 0.343 e. The molecule has 2 unspecified atom stereocenters. The van der Waals surface area contributed by atoms with Crippen LogP contribution in [0.4, 0.5) is 18.9 Å². The number of carbonyl (C=O) groups is 1. The quantitative estimate of drug-likeness (QED) is 0.336. The molecule has 2 aliphatic carbocycles. The number of nitrogens with zero attached hydrogens (tertiary/aromatic N) is 4. The van der Waals surface area contributed by atoms with Gasteiger partial charge in [-0.05, 0) is 47.2 Å². The maximum absolute atomic E-state index is 16.7. The van der Waals surface area contributed by atoms with E-state index >= 15 is 13.2 Å². The van der Waals surface area contributed by atoms with Gasteiger partial charge < -0.3 is 10.0 Å². The first kappa shape index (κ1) is 27.8. The van der Waals surface area contributed by atoms with Crippen LogP contribution in [-0.2, 0) is 11.0 Å². The molecule has 2 saturated heterocycles. The summed E-state index contributed by atoms with van der Waals surface area (Å²) >= 11 is 0. The number of hydrogen-bond donors (Lipinski definition) is 1. The molecule has 2 aromatic rings. The molecule has 214 valence electrons. The molecule has 1 N–H and O–H groups in total. The van der Waals surface area contributed by atoms with Crippen LogP contribution in [0.2, 0.25) is 0 Å². The van der Waals surface area contributed by atoms with Gasteiger partial charge in [-0.1, -0.05) is 38.1 Å². The zero-order valence-corrected chi connectivity index (χ0v) is 23.6. The summed E-state index contributed by atoms with van der Waals surface area (Å²) in [5.41, 5.74) is -2.27. The predicted molar refractivity (Wildman–Crippen MR) is 152 cm³/mol. The van der Waals surface area contributed by atoms with Gasteiger partial charge in [0.1, 0.15) is 16.9 Å². The highest BCUT2D eigenvalue weighted by atomic mass is 19.2. The maximum atomic E-state index is 16.7. The summed E-state index contributed by atoms with van der Waals surface area (Å²) in [7, 11) is 0. The molecule has 0 aromatic heterocycles. The summed E-state index contributed by atoms with van der Waals surface area (Å²) in [5, 5.41) is 19.8. The van der Waals surface area contributed by atoms with Crippen LogP contribution in [0.25, 0.3) is 10.4 Å². The third-order valence-electron chi connectivity index (χ3n) is 9.22. The second kappa shape index (κ2) is 9.61. The molecule has 0 radical (unpaired) electrons. The Bertz CT molecular complexity index is 1720. The Kier molecular flexibility index (Phi) is 6.36. The van der Waals surface area contributed by atoms with Crippen LogP contribution >= 0.6 is 0 Å². The largest absolute Gasteiger partial charge is 0.478 e. The Labute approximate surface area is 242 Å². The first-order valence-electron chi connectivity index (χ1n) is 14.0. The number of carboxylic acids is 1. The van der Waals surface area contributed by atoms with E-state index in [1.165, 1.54) is 0 Å². The van der Waals surface area contributed by atoms with Crippen molar-refractivity contribution in [2.75, 3.05) is 31.1 Å². The molecular weight excluding hydrogens is 541 g/mol. The van der Waals surface area contributed by atoms with Crippen molar-refractivity contribution < 1.29 is 23.1 Å². The van der Waals surface area contributed by atoms with E-state index in [2.05, 4.69) is 34.6 Å². The number of aromatic carboxylic acids is 1. The fourth-order valence-corrected chi connectivity index (χ4v) is 6.49. The number of allylic oxidation sites excluding steroid dienone is 3. The lowest BCUT2D eigenvalue weighted by Crippen LogP contribution is -2.45. The molecular formula is C33H29F3N4O2. The minimum absolute atomic E-state index is 0.0218. The summed E-state index contributed by atoms with van der Waals surface area (Å²) in [6.45, 7) is 16.2. The summed E-state index contributed by atoms with van der Waals surface area (Å²) in [6, 6.07) is 7.23. The normalized spacial score (nSPS) is 22.0. The van der Waals surface area contributed by atoms with Crippen molar-refractivity contribution in [3.05, 3.63) is 104 Å². The number of benzene rings is 2. The zero-order valence-electron chi connectivity index (χ0n) is 23.6. The SMILES string of the molecule is [C-]#[N+]C(C)(C#N)c1c(F)c(F)c(C(=O)O)c(C2=C3C=CC(N4CCC4)C=C3C(C)(C)c3cc(N4CCC4)ccc32)c1F. The van der Waals surface area contributed by atoms with Crippen LogP contribution in [0.15, 0.2) is 47.6 Å². The second-order valence-electron chi connectivity index (χ2n) is 12.0. The van der Waals surface area contributed by atoms with Gasteiger partial charge in [-0.15, -0.1) is 0 Å². The van der Waals surface area contributed by atoms with Crippen LogP contribution in [0.1, 0.15) is 66.2 Å². The summed E-state index contributed by atoms with van der Waals surface area (Å²) in [5.74, 6) is -6.94. The number of likely N-dealkylation sites (tertiary alicyclic amines) is 1. The minimum atomic E-state index is -2.42. The number of fused-ring (bicyclic) bond motifs is 2. The number of rotatable bonds is 5. The highest BCUT2D eigenvalue weighted by molar-refractivity contribution is 6.02. The Hall–Kier alpha value is -4.34. The van der Waals surface area contributed by atoms with E-state index < -0.39 is 51.1 Å². The number of halogens is 3. The van der Waals surface area contributed by atoms with Crippen LogP contribution in [0.3, 0.4) is 0 Å². The fraction of sp³-hybridized carbons (Fsp3) is 0.364. The van der Waals surface area contributed by atoms with E-state index in [-0.39, 0.29) is 11.6 Å². The molecule has 0 spiro atoms. The molecule has 42 heavy (non-hydrogen) atoms. The van der Waals surface area contributed by atoms with Crippen LogP contribution in [0, 0.1) is 35.4 Å². The lowest BCUT2D eigenvalue weighted by Gasteiger charge is -2.44. The van der Waals surface area contributed by atoms with Crippen molar-refractivity contribution in [3.63, 3.8) is 0 Å². The first-order chi connectivity index (χ1) is 19.9. The van der Waals surface area contributed by atoms with E-state index in [0.717, 1.165) is 62.8 Å². The molecule has 0 bridgehead atoms. The molecule has 2 aromatic carbocycles. The average molecular weight is 571 g/mol. The maximum Gasteiger partial charge on any atom is 0.343 e. The molecule has 2 heterocycles. The summed E-state index contributed by atoms with van der Waals surface area (Å²) in [4.78, 5) is 20.1. The molecule has 2 atom stereocenters. The topological polar surface area (TPSA) is 71.9 Å². The van der Waals surface area contributed by atoms with Crippen molar-refractivity contribution in [2.24, 2.45) is 0 Å². The fourth-order valence-electron chi connectivity index (χ4n) is 6.49. The highest BCUT2D eigenvalue weighted by Crippen LogP contribution is 2.53. The molecule has 4 aliphatic rings. The Morgan fingerprint density at radius 2 is 1.83 bits per heavy atom. The van der Waals surface area contributed by atoms with Gasteiger partial charge in [-0.2, -0.15) is 5.26 Å². The first-order valence-corrected chi connectivity index (χ1v) is 14.0. The third kappa shape index (κ3) is 3.84. The monoisotopic (exact) mass is 570 g/mol. The van der Waals surface area contributed by atoms with E-state index in [0.29, 0.717) is 11.1 Å². The number of carboxylic acid groups (broad SMARTS) is 1. The second-order valence-corrected chi connectivity index (χ2v) is 12.0. The Morgan fingerprint density at radius 1 is 1.14 bits per heavy atom. The van der Waals surface area contributed by atoms with Crippen molar-refractivity contribution in [3.8, 4) is 6.07 Å². The van der Waals surface area contributed by atoms with Gasteiger partial charge in [0.05, 0.1) is 0 Å². The standard InChI is InChI=1S/C33H29F3N4O2/c1-32(2)22-15-18(39-11-5-12-39)7-9-20(22)24(21-10-8-19(16-23(21)32)40-13-6-14-40)25-26(31(41)42)29(35)30(36)27(28(25)34)33(3,17-37)38-4/h7-10,15-16,18H,5-6,11-14H2,1-3H3,(H,41,42). The molecule has 0 saturated carbocycles. The highest BCUT2D eigenvalue weighted by Gasteiger charge is 2.47. The van der Waals surface area contributed by atoms with Gasteiger partial charge >= 0.3 is 11.5 Å². The predicted octanol–water partition coefficient (Wildman–Crippen LogP) is 6.33. The number of hydrogen-bond acceptors (Lipinski definition) is 4. The zero-order chi connectivity index (χ0) is 30.1. The molecule has 6 nitrogen and oxygen atoms in total. The van der Waals surface area contributed by atoms with Gasteiger partial charge in [0.25, 0.3) is 0 Å². The molecule has 0 amide bonds. The van der Waals surface area contributed by atoms with Gasteiger partial charge in [0, 0.05) is 61.4 Å². The van der Waals surface area contributed by atoms with Crippen LogP contribution in [-0.4, -0.2) is 48.2 Å². The van der Waals surface area contributed by atoms with Gasteiger partial charge in [-0.3, -0.25) is 9.74 Å².